The number of nitrogens with zero attached hydrogens (tertiary/aromatic N) is 3. The van der Waals surface area contributed by atoms with Crippen molar-refractivity contribution in [3.05, 3.63) is 34.7 Å². The largest absolute Gasteiger partial charge is 0.395 e. The number of aromatic nitrogens is 1. The third kappa shape index (κ3) is 4.98. The van der Waals surface area contributed by atoms with Crippen molar-refractivity contribution in [3.8, 4) is 11.3 Å². The molecule has 0 atom stereocenters. The number of fused-ring (bicyclic) bond motifs is 1. The molecule has 0 spiro atoms. The van der Waals surface area contributed by atoms with Crippen LogP contribution in [0.4, 0.5) is 5.13 Å². The second-order valence-electron chi connectivity index (χ2n) is 10.3. The SMILES string of the molecule is CC1(C)CCC(C)(C)c2cc(-c3csc(N4CCN(CCNCCO)CC4)n3)ccc21. The van der Waals surface area contributed by atoms with Crippen LogP contribution in [0.25, 0.3) is 11.3 Å². The maximum atomic E-state index is 8.87. The zero-order valence-electron chi connectivity index (χ0n) is 19.6. The summed E-state index contributed by atoms with van der Waals surface area (Å²) in [6.07, 6.45) is 2.48. The molecule has 0 radical (unpaired) electrons. The summed E-state index contributed by atoms with van der Waals surface area (Å²) in [6.45, 7) is 16.6. The Morgan fingerprint density at radius 3 is 2.42 bits per heavy atom. The Labute approximate surface area is 191 Å². The lowest BCUT2D eigenvalue weighted by Gasteiger charge is -2.42. The lowest BCUT2D eigenvalue weighted by Crippen LogP contribution is -2.48. The Bertz CT molecular complexity index is 883. The first-order valence-corrected chi connectivity index (χ1v) is 12.6. The van der Waals surface area contributed by atoms with Crippen molar-refractivity contribution in [3.63, 3.8) is 0 Å². The summed E-state index contributed by atoms with van der Waals surface area (Å²) in [5.74, 6) is 0. The number of aliphatic hydroxyl groups is 1. The van der Waals surface area contributed by atoms with E-state index in [-0.39, 0.29) is 17.4 Å². The van der Waals surface area contributed by atoms with Gasteiger partial charge in [0.1, 0.15) is 0 Å². The topological polar surface area (TPSA) is 51.6 Å². The minimum Gasteiger partial charge on any atom is -0.395 e. The van der Waals surface area contributed by atoms with Gasteiger partial charge in [0.05, 0.1) is 12.3 Å². The lowest BCUT2D eigenvalue weighted by atomic mass is 9.63. The number of nitrogens with one attached hydrogen (secondary N) is 1. The molecule has 0 unspecified atom stereocenters. The number of piperazine rings is 1. The molecule has 2 heterocycles. The molecule has 1 saturated heterocycles. The molecule has 1 aliphatic heterocycles. The number of rotatable bonds is 7. The van der Waals surface area contributed by atoms with Crippen molar-refractivity contribution in [1.29, 1.82) is 0 Å². The average molecular weight is 443 g/mol. The molecular weight excluding hydrogens is 404 g/mol. The first kappa shape index (κ1) is 22.7. The number of hydrogen-bond donors (Lipinski definition) is 2. The van der Waals surface area contributed by atoms with Crippen molar-refractivity contribution in [2.45, 2.75) is 51.4 Å². The second-order valence-corrected chi connectivity index (χ2v) is 11.2. The predicted octanol–water partition coefficient (Wildman–Crippen LogP) is 3.86. The van der Waals surface area contributed by atoms with E-state index >= 15 is 0 Å². The maximum Gasteiger partial charge on any atom is 0.185 e. The predicted molar refractivity (Wildman–Crippen MR) is 131 cm³/mol. The van der Waals surface area contributed by atoms with Gasteiger partial charge in [-0.15, -0.1) is 11.3 Å². The Morgan fingerprint density at radius 2 is 1.71 bits per heavy atom. The summed E-state index contributed by atoms with van der Waals surface area (Å²) in [6, 6.07) is 7.04. The van der Waals surface area contributed by atoms with Gasteiger partial charge in [-0.25, -0.2) is 4.98 Å². The van der Waals surface area contributed by atoms with Crippen LogP contribution in [0.15, 0.2) is 23.6 Å². The molecule has 170 valence electrons. The Morgan fingerprint density at radius 1 is 1.00 bits per heavy atom. The Hall–Kier alpha value is -1.47. The van der Waals surface area contributed by atoms with Crippen LogP contribution in [0.3, 0.4) is 0 Å². The van der Waals surface area contributed by atoms with Gasteiger partial charge in [0.2, 0.25) is 0 Å². The summed E-state index contributed by atoms with van der Waals surface area (Å²) >= 11 is 1.77. The molecule has 0 saturated carbocycles. The second kappa shape index (κ2) is 9.18. The third-order valence-corrected chi connectivity index (χ3v) is 8.08. The van der Waals surface area contributed by atoms with Crippen LogP contribution in [0.1, 0.15) is 51.7 Å². The molecule has 4 rings (SSSR count). The van der Waals surface area contributed by atoms with E-state index in [2.05, 4.69) is 66.4 Å². The standard InChI is InChI=1S/C25H38N4OS/c1-24(2)7-8-25(3,4)21-17-19(5-6-20(21)24)22-18-31-23(27-22)29-14-12-28(13-15-29)11-9-26-10-16-30/h5-6,17-18,26,30H,7-16H2,1-4H3. The third-order valence-electron chi connectivity index (χ3n) is 7.18. The van der Waals surface area contributed by atoms with E-state index in [4.69, 9.17) is 10.1 Å². The molecule has 0 bridgehead atoms. The summed E-state index contributed by atoms with van der Waals surface area (Å²) in [4.78, 5) is 9.95. The van der Waals surface area contributed by atoms with Crippen LogP contribution >= 0.6 is 11.3 Å². The molecule has 1 aromatic carbocycles. The fourth-order valence-electron chi connectivity index (χ4n) is 4.89. The van der Waals surface area contributed by atoms with E-state index < -0.39 is 0 Å². The van der Waals surface area contributed by atoms with Gasteiger partial charge in [-0.05, 0) is 40.9 Å². The molecule has 6 heteroatoms. The highest BCUT2D eigenvalue weighted by molar-refractivity contribution is 7.14. The number of hydrogen-bond acceptors (Lipinski definition) is 6. The fraction of sp³-hybridized carbons (Fsp3) is 0.640. The maximum absolute atomic E-state index is 8.87. The van der Waals surface area contributed by atoms with Gasteiger partial charge >= 0.3 is 0 Å². The molecule has 5 nitrogen and oxygen atoms in total. The van der Waals surface area contributed by atoms with Crippen LogP contribution < -0.4 is 10.2 Å². The van der Waals surface area contributed by atoms with Gasteiger partial charge in [0, 0.05) is 56.8 Å². The first-order valence-electron chi connectivity index (χ1n) is 11.7. The Kier molecular flexibility index (Phi) is 6.73. The minimum absolute atomic E-state index is 0.208. The Balaban J connectivity index is 1.43. The molecule has 2 aliphatic rings. The van der Waals surface area contributed by atoms with Crippen molar-refractivity contribution >= 4 is 16.5 Å². The van der Waals surface area contributed by atoms with Crippen LogP contribution in [0, 0.1) is 0 Å². The first-order chi connectivity index (χ1) is 14.8. The van der Waals surface area contributed by atoms with Gasteiger partial charge in [-0.3, -0.25) is 4.90 Å². The molecule has 2 aromatic rings. The fourth-order valence-corrected chi connectivity index (χ4v) is 5.78. The van der Waals surface area contributed by atoms with Gasteiger partial charge in [-0.2, -0.15) is 0 Å². The van der Waals surface area contributed by atoms with E-state index in [9.17, 15) is 0 Å². The van der Waals surface area contributed by atoms with Crippen LogP contribution in [0.5, 0.6) is 0 Å². The average Bonchev–Trinajstić information content (AvgIpc) is 3.25. The van der Waals surface area contributed by atoms with Crippen molar-refractivity contribution in [2.24, 2.45) is 0 Å². The highest BCUT2D eigenvalue weighted by atomic mass is 32.1. The monoisotopic (exact) mass is 442 g/mol. The van der Waals surface area contributed by atoms with E-state index in [1.54, 1.807) is 11.3 Å². The van der Waals surface area contributed by atoms with E-state index in [0.717, 1.165) is 50.1 Å². The van der Waals surface area contributed by atoms with Gasteiger partial charge in [0.25, 0.3) is 0 Å². The molecular formula is C25H38N4OS. The zero-order valence-corrected chi connectivity index (χ0v) is 20.4. The van der Waals surface area contributed by atoms with E-state index in [1.807, 2.05) is 0 Å². The smallest absolute Gasteiger partial charge is 0.185 e. The van der Waals surface area contributed by atoms with Gasteiger partial charge in [0.15, 0.2) is 5.13 Å². The number of anilines is 1. The molecule has 1 aliphatic carbocycles. The van der Waals surface area contributed by atoms with Gasteiger partial charge in [-0.1, -0.05) is 39.8 Å². The summed E-state index contributed by atoms with van der Waals surface area (Å²) < 4.78 is 0. The van der Waals surface area contributed by atoms with E-state index in [1.165, 1.54) is 29.5 Å². The molecule has 2 N–H and O–H groups in total. The van der Waals surface area contributed by atoms with Gasteiger partial charge < -0.3 is 15.3 Å². The van der Waals surface area contributed by atoms with Crippen molar-refractivity contribution in [1.82, 2.24) is 15.2 Å². The number of benzene rings is 1. The number of aliphatic hydroxyl groups excluding tert-OH is 1. The molecule has 1 fully saturated rings. The summed E-state index contributed by atoms with van der Waals surface area (Å²) in [5.41, 5.74) is 5.84. The molecule has 1 aromatic heterocycles. The lowest BCUT2D eigenvalue weighted by molar-refractivity contribution is 0.249. The van der Waals surface area contributed by atoms with Crippen molar-refractivity contribution in [2.75, 3.05) is 57.3 Å². The zero-order chi connectivity index (χ0) is 22.1. The van der Waals surface area contributed by atoms with Crippen LogP contribution in [-0.4, -0.2) is 67.4 Å². The summed E-state index contributed by atoms with van der Waals surface area (Å²) in [7, 11) is 0. The highest BCUT2D eigenvalue weighted by Gasteiger charge is 2.37. The minimum atomic E-state index is 0.208. The van der Waals surface area contributed by atoms with Crippen LogP contribution in [-0.2, 0) is 10.8 Å². The molecule has 0 amide bonds. The number of thiazole rings is 1. The quantitative estimate of drug-likeness (QED) is 0.638. The normalized spacial score (nSPS) is 20.6. The summed E-state index contributed by atoms with van der Waals surface area (Å²) in [5, 5.41) is 15.5. The van der Waals surface area contributed by atoms with Crippen LogP contribution in [0.2, 0.25) is 0 Å². The van der Waals surface area contributed by atoms with Crippen molar-refractivity contribution < 1.29 is 5.11 Å². The molecule has 31 heavy (non-hydrogen) atoms. The highest BCUT2D eigenvalue weighted by Crippen LogP contribution is 2.46. The van der Waals surface area contributed by atoms with E-state index in [0.29, 0.717) is 6.54 Å².